The third kappa shape index (κ3) is 4.19. The van der Waals surface area contributed by atoms with E-state index in [1.807, 2.05) is 36.4 Å². The van der Waals surface area contributed by atoms with Crippen LogP contribution >= 0.6 is 0 Å². The van der Waals surface area contributed by atoms with Crippen LogP contribution in [0, 0.1) is 0 Å². The fourth-order valence-corrected chi connectivity index (χ4v) is 6.44. The Morgan fingerprint density at radius 3 is 2.02 bits per heavy atom. The number of oxazole rings is 1. The Labute approximate surface area is 259 Å². The molecule has 0 radical (unpaired) electrons. The summed E-state index contributed by atoms with van der Waals surface area (Å²) in [6.07, 6.45) is 0. The topological polar surface area (TPSA) is 42.4 Å². The maximum absolute atomic E-state index is 6.51. The molecule has 9 aromatic rings. The van der Waals surface area contributed by atoms with E-state index in [4.69, 9.17) is 13.8 Å². The summed E-state index contributed by atoms with van der Waals surface area (Å²) < 4.78 is 12.8. The zero-order valence-corrected chi connectivity index (χ0v) is 24.2. The van der Waals surface area contributed by atoms with Gasteiger partial charge in [0.25, 0.3) is 0 Å². The molecule has 0 fully saturated rings. The molecule has 0 N–H and O–H groups in total. The number of furan rings is 1. The average Bonchev–Trinajstić information content (AvgIpc) is 3.71. The highest BCUT2D eigenvalue weighted by Crippen LogP contribution is 2.43. The van der Waals surface area contributed by atoms with Crippen molar-refractivity contribution in [3.05, 3.63) is 158 Å². The van der Waals surface area contributed by atoms with Gasteiger partial charge < -0.3 is 13.7 Å². The third-order valence-corrected chi connectivity index (χ3v) is 8.51. The number of para-hydroxylation sites is 3. The number of anilines is 3. The number of rotatable bonds is 5. The molecule has 0 saturated carbocycles. The monoisotopic (exact) mass is 578 g/mol. The smallest absolute Gasteiger partial charge is 0.227 e. The first-order chi connectivity index (χ1) is 22.3. The predicted octanol–water partition coefficient (Wildman–Crippen LogP) is 11.7. The van der Waals surface area contributed by atoms with E-state index >= 15 is 0 Å². The minimum absolute atomic E-state index is 0.626. The van der Waals surface area contributed by atoms with Gasteiger partial charge in [-0.2, -0.15) is 0 Å². The quantitative estimate of drug-likeness (QED) is 0.204. The third-order valence-electron chi connectivity index (χ3n) is 8.51. The number of benzene rings is 7. The summed E-state index contributed by atoms with van der Waals surface area (Å²) >= 11 is 0. The minimum Gasteiger partial charge on any atom is -0.456 e. The normalized spacial score (nSPS) is 11.6. The molecule has 0 amide bonds. The molecular weight excluding hydrogens is 552 g/mol. The van der Waals surface area contributed by atoms with E-state index < -0.39 is 0 Å². The summed E-state index contributed by atoms with van der Waals surface area (Å²) in [7, 11) is 0. The SMILES string of the molecule is c1ccc(N(c2ccc(-c3cccc4nc(-c5cccc6ccccc56)oc34)cc2)c2cccc3oc4ccccc4c23)cc1. The highest BCUT2D eigenvalue weighted by Gasteiger charge is 2.20. The van der Waals surface area contributed by atoms with Gasteiger partial charge in [-0.15, -0.1) is 0 Å². The van der Waals surface area contributed by atoms with Crippen molar-refractivity contribution < 1.29 is 8.83 Å². The molecule has 0 unspecified atom stereocenters. The fourth-order valence-electron chi connectivity index (χ4n) is 6.44. The van der Waals surface area contributed by atoms with Crippen LogP contribution in [-0.2, 0) is 0 Å². The Bertz CT molecular complexity index is 2490. The van der Waals surface area contributed by atoms with Crippen molar-refractivity contribution in [2.24, 2.45) is 0 Å². The first-order valence-electron chi connectivity index (χ1n) is 15.1. The summed E-state index contributed by atoms with van der Waals surface area (Å²) in [6.45, 7) is 0. The molecule has 45 heavy (non-hydrogen) atoms. The highest BCUT2D eigenvalue weighted by molar-refractivity contribution is 6.13. The van der Waals surface area contributed by atoms with Gasteiger partial charge >= 0.3 is 0 Å². The Kier molecular flexibility index (Phi) is 5.78. The molecule has 0 saturated heterocycles. The molecule has 2 heterocycles. The zero-order chi connectivity index (χ0) is 29.7. The molecule has 0 spiro atoms. The van der Waals surface area contributed by atoms with Crippen LogP contribution in [0.2, 0.25) is 0 Å². The largest absolute Gasteiger partial charge is 0.456 e. The van der Waals surface area contributed by atoms with Crippen LogP contribution in [0.1, 0.15) is 0 Å². The fraction of sp³-hybridized carbons (Fsp3) is 0. The van der Waals surface area contributed by atoms with Crippen LogP contribution in [0.5, 0.6) is 0 Å². The van der Waals surface area contributed by atoms with Crippen molar-refractivity contribution in [3.63, 3.8) is 0 Å². The molecule has 4 nitrogen and oxygen atoms in total. The van der Waals surface area contributed by atoms with E-state index in [0.717, 1.165) is 77.6 Å². The van der Waals surface area contributed by atoms with Crippen LogP contribution in [0.3, 0.4) is 0 Å². The van der Waals surface area contributed by atoms with Gasteiger partial charge in [0.1, 0.15) is 16.7 Å². The Morgan fingerprint density at radius 2 is 1.13 bits per heavy atom. The lowest BCUT2D eigenvalue weighted by Crippen LogP contribution is -2.10. The van der Waals surface area contributed by atoms with Gasteiger partial charge in [0.2, 0.25) is 5.89 Å². The molecule has 4 heteroatoms. The van der Waals surface area contributed by atoms with Crippen LogP contribution < -0.4 is 4.90 Å². The number of hydrogen-bond donors (Lipinski definition) is 0. The Morgan fingerprint density at radius 1 is 0.467 bits per heavy atom. The summed E-state index contributed by atoms with van der Waals surface area (Å²) in [5.41, 5.74) is 9.60. The van der Waals surface area contributed by atoms with Crippen molar-refractivity contribution in [1.29, 1.82) is 0 Å². The highest BCUT2D eigenvalue weighted by atomic mass is 16.3. The van der Waals surface area contributed by atoms with E-state index in [0.29, 0.717) is 5.89 Å². The predicted molar refractivity (Wildman–Crippen MR) is 184 cm³/mol. The van der Waals surface area contributed by atoms with Crippen molar-refractivity contribution >= 4 is 60.9 Å². The van der Waals surface area contributed by atoms with E-state index in [-0.39, 0.29) is 0 Å². The maximum Gasteiger partial charge on any atom is 0.227 e. The maximum atomic E-state index is 6.51. The molecule has 0 atom stereocenters. The van der Waals surface area contributed by atoms with Gasteiger partial charge in [-0.1, -0.05) is 103 Å². The summed E-state index contributed by atoms with van der Waals surface area (Å²) in [5.74, 6) is 0.626. The second-order valence-electron chi connectivity index (χ2n) is 11.2. The van der Waals surface area contributed by atoms with Crippen LogP contribution in [0.25, 0.3) is 66.4 Å². The van der Waals surface area contributed by atoms with Crippen molar-refractivity contribution in [2.75, 3.05) is 4.90 Å². The second kappa shape index (κ2) is 10.2. The number of hydrogen-bond acceptors (Lipinski definition) is 4. The molecule has 9 rings (SSSR count). The Balaban J connectivity index is 1.17. The molecule has 7 aromatic carbocycles. The second-order valence-corrected chi connectivity index (χ2v) is 11.2. The van der Waals surface area contributed by atoms with Crippen molar-refractivity contribution in [2.45, 2.75) is 0 Å². The van der Waals surface area contributed by atoms with Crippen LogP contribution in [-0.4, -0.2) is 4.98 Å². The standard InChI is InChI=1S/C41H26N2O2/c1-2-13-29(14-3-1)43(36-20-10-22-38-39(36)34-16-6-7-21-37(34)44-38)30-25-23-28(24-26-30)32-17-9-19-35-40(32)45-41(42-35)33-18-8-12-27-11-4-5-15-31(27)33/h1-26H. The van der Waals surface area contributed by atoms with Gasteiger partial charge in [-0.3, -0.25) is 0 Å². The van der Waals surface area contributed by atoms with E-state index in [1.165, 1.54) is 0 Å². The molecular formula is C41H26N2O2. The van der Waals surface area contributed by atoms with Crippen molar-refractivity contribution in [3.8, 4) is 22.6 Å². The summed E-state index contributed by atoms with van der Waals surface area (Å²) in [5, 5.41) is 4.47. The molecule has 0 aliphatic carbocycles. The Hall–Kier alpha value is -6.13. The number of fused-ring (bicyclic) bond motifs is 5. The molecule has 2 aromatic heterocycles. The average molecular weight is 579 g/mol. The molecule has 0 aliphatic heterocycles. The lowest BCUT2D eigenvalue weighted by atomic mass is 10.0. The first-order valence-corrected chi connectivity index (χ1v) is 15.1. The van der Waals surface area contributed by atoms with Crippen molar-refractivity contribution in [1.82, 2.24) is 4.98 Å². The molecule has 0 bridgehead atoms. The van der Waals surface area contributed by atoms with E-state index in [1.54, 1.807) is 0 Å². The minimum atomic E-state index is 0.626. The van der Waals surface area contributed by atoms with Gasteiger partial charge in [0.15, 0.2) is 5.58 Å². The summed E-state index contributed by atoms with van der Waals surface area (Å²) in [4.78, 5) is 7.20. The zero-order valence-electron chi connectivity index (χ0n) is 24.2. The summed E-state index contributed by atoms with van der Waals surface area (Å²) in [6, 6.07) is 54.3. The lowest BCUT2D eigenvalue weighted by Gasteiger charge is -2.26. The molecule has 212 valence electrons. The first kappa shape index (κ1) is 25.4. The number of aromatic nitrogens is 1. The van der Waals surface area contributed by atoms with Gasteiger partial charge in [-0.05, 0) is 70.9 Å². The van der Waals surface area contributed by atoms with Gasteiger partial charge in [-0.25, -0.2) is 4.98 Å². The van der Waals surface area contributed by atoms with Gasteiger partial charge in [0.05, 0.1) is 11.1 Å². The molecule has 0 aliphatic rings. The van der Waals surface area contributed by atoms with E-state index in [2.05, 4.69) is 126 Å². The van der Waals surface area contributed by atoms with Crippen LogP contribution in [0.4, 0.5) is 17.1 Å². The van der Waals surface area contributed by atoms with Crippen LogP contribution in [0.15, 0.2) is 167 Å². The van der Waals surface area contributed by atoms with Gasteiger partial charge in [0, 0.05) is 27.9 Å². The lowest BCUT2D eigenvalue weighted by molar-refractivity contribution is 0.621. The number of nitrogens with zero attached hydrogens (tertiary/aromatic N) is 2. The van der Waals surface area contributed by atoms with E-state index in [9.17, 15) is 0 Å².